The van der Waals surface area contributed by atoms with Gasteiger partial charge in [0, 0.05) is 30.2 Å². The fourth-order valence-electron chi connectivity index (χ4n) is 2.62. The second kappa shape index (κ2) is 4.84. The first-order chi connectivity index (χ1) is 10.00. The van der Waals surface area contributed by atoms with E-state index in [0.29, 0.717) is 18.7 Å². The predicted molar refractivity (Wildman–Crippen MR) is 79.9 cm³/mol. The first-order valence-corrected chi connectivity index (χ1v) is 6.95. The van der Waals surface area contributed by atoms with Crippen molar-refractivity contribution >= 4 is 22.7 Å². The van der Waals surface area contributed by atoms with Crippen LogP contribution in [-0.2, 0) is 4.79 Å². The third-order valence-electron chi connectivity index (χ3n) is 3.95. The van der Waals surface area contributed by atoms with Crippen LogP contribution in [0.25, 0.3) is 10.9 Å². The SMILES string of the molecule is CC1(C)C(=O)NCCN1C(=O)c1ccc2ncccc2c1. The molecule has 1 aliphatic heterocycles. The summed E-state index contributed by atoms with van der Waals surface area (Å²) < 4.78 is 0. The average molecular weight is 283 g/mol. The molecule has 0 radical (unpaired) electrons. The molecule has 1 fully saturated rings. The number of carbonyl (C=O) groups is 2. The molecule has 0 bridgehead atoms. The molecule has 1 saturated heterocycles. The number of nitrogens with zero attached hydrogens (tertiary/aromatic N) is 2. The molecule has 1 aromatic heterocycles. The summed E-state index contributed by atoms with van der Waals surface area (Å²) in [6, 6.07) is 9.19. The van der Waals surface area contributed by atoms with E-state index in [4.69, 9.17) is 0 Å². The van der Waals surface area contributed by atoms with E-state index >= 15 is 0 Å². The van der Waals surface area contributed by atoms with E-state index < -0.39 is 5.54 Å². The van der Waals surface area contributed by atoms with Crippen LogP contribution in [0.3, 0.4) is 0 Å². The number of hydrogen-bond donors (Lipinski definition) is 1. The molecule has 3 rings (SSSR count). The van der Waals surface area contributed by atoms with Crippen LogP contribution in [0.15, 0.2) is 36.5 Å². The fraction of sp³-hybridized carbons (Fsp3) is 0.312. The van der Waals surface area contributed by atoms with Crippen molar-refractivity contribution in [2.45, 2.75) is 19.4 Å². The molecule has 5 nitrogen and oxygen atoms in total. The molecule has 2 heterocycles. The second-order valence-electron chi connectivity index (χ2n) is 5.68. The summed E-state index contributed by atoms with van der Waals surface area (Å²) in [7, 11) is 0. The smallest absolute Gasteiger partial charge is 0.254 e. The number of fused-ring (bicyclic) bond motifs is 1. The summed E-state index contributed by atoms with van der Waals surface area (Å²) in [6.07, 6.45) is 1.72. The van der Waals surface area contributed by atoms with Gasteiger partial charge in [0.05, 0.1) is 5.52 Å². The van der Waals surface area contributed by atoms with Crippen molar-refractivity contribution in [1.82, 2.24) is 15.2 Å². The normalized spacial score (nSPS) is 17.6. The maximum Gasteiger partial charge on any atom is 0.254 e. The van der Waals surface area contributed by atoms with Gasteiger partial charge in [0.15, 0.2) is 0 Å². The zero-order chi connectivity index (χ0) is 15.0. The van der Waals surface area contributed by atoms with E-state index in [2.05, 4.69) is 10.3 Å². The Bertz CT molecular complexity index is 724. The van der Waals surface area contributed by atoms with Gasteiger partial charge in [-0.15, -0.1) is 0 Å². The largest absolute Gasteiger partial charge is 0.352 e. The number of hydrogen-bond acceptors (Lipinski definition) is 3. The van der Waals surface area contributed by atoms with Crippen molar-refractivity contribution in [3.63, 3.8) is 0 Å². The fourth-order valence-corrected chi connectivity index (χ4v) is 2.62. The van der Waals surface area contributed by atoms with Gasteiger partial charge in [0.1, 0.15) is 5.54 Å². The summed E-state index contributed by atoms with van der Waals surface area (Å²) in [4.78, 5) is 30.6. The van der Waals surface area contributed by atoms with Crippen LogP contribution in [-0.4, -0.2) is 40.3 Å². The van der Waals surface area contributed by atoms with Gasteiger partial charge in [0.2, 0.25) is 5.91 Å². The van der Waals surface area contributed by atoms with Crippen LogP contribution in [0.2, 0.25) is 0 Å². The van der Waals surface area contributed by atoms with Crippen molar-refractivity contribution < 1.29 is 9.59 Å². The standard InChI is InChI=1S/C16H17N3O2/c1-16(2)15(21)18-8-9-19(16)14(20)12-5-6-13-11(10-12)4-3-7-17-13/h3-7,10H,8-9H2,1-2H3,(H,18,21). The van der Waals surface area contributed by atoms with E-state index in [-0.39, 0.29) is 11.8 Å². The highest BCUT2D eigenvalue weighted by molar-refractivity contribution is 6.01. The number of amides is 2. The molecule has 0 atom stereocenters. The molecule has 108 valence electrons. The monoisotopic (exact) mass is 283 g/mol. The Morgan fingerprint density at radius 3 is 2.95 bits per heavy atom. The molecule has 21 heavy (non-hydrogen) atoms. The molecule has 2 amide bonds. The van der Waals surface area contributed by atoms with Crippen LogP contribution >= 0.6 is 0 Å². The summed E-state index contributed by atoms with van der Waals surface area (Å²) in [5, 5.41) is 3.71. The highest BCUT2D eigenvalue weighted by Gasteiger charge is 2.40. The van der Waals surface area contributed by atoms with E-state index in [0.717, 1.165) is 10.9 Å². The highest BCUT2D eigenvalue weighted by Crippen LogP contribution is 2.22. The lowest BCUT2D eigenvalue weighted by Gasteiger charge is -2.41. The van der Waals surface area contributed by atoms with Crippen LogP contribution in [0.4, 0.5) is 0 Å². The Morgan fingerprint density at radius 2 is 2.14 bits per heavy atom. The third-order valence-corrected chi connectivity index (χ3v) is 3.95. The maximum absolute atomic E-state index is 12.7. The van der Waals surface area contributed by atoms with E-state index in [9.17, 15) is 9.59 Å². The van der Waals surface area contributed by atoms with Gasteiger partial charge in [-0.3, -0.25) is 14.6 Å². The predicted octanol–water partition coefficient (Wildman–Crippen LogP) is 1.59. The zero-order valence-electron chi connectivity index (χ0n) is 12.1. The van der Waals surface area contributed by atoms with Crippen LogP contribution < -0.4 is 5.32 Å². The molecule has 0 unspecified atom stereocenters. The molecule has 1 aliphatic rings. The molecule has 1 N–H and O–H groups in total. The first-order valence-electron chi connectivity index (χ1n) is 6.95. The van der Waals surface area contributed by atoms with Crippen molar-refractivity contribution in [2.75, 3.05) is 13.1 Å². The number of nitrogens with one attached hydrogen (secondary N) is 1. The minimum atomic E-state index is -0.834. The lowest BCUT2D eigenvalue weighted by Crippen LogP contribution is -2.63. The topological polar surface area (TPSA) is 62.3 Å². The molecule has 0 spiro atoms. The quantitative estimate of drug-likeness (QED) is 0.864. The van der Waals surface area contributed by atoms with Crippen LogP contribution in [0, 0.1) is 0 Å². The lowest BCUT2D eigenvalue weighted by molar-refractivity contribution is -0.133. The van der Waals surface area contributed by atoms with E-state index in [1.165, 1.54) is 0 Å². The van der Waals surface area contributed by atoms with Gasteiger partial charge >= 0.3 is 0 Å². The zero-order valence-corrected chi connectivity index (χ0v) is 12.1. The second-order valence-corrected chi connectivity index (χ2v) is 5.68. The summed E-state index contributed by atoms with van der Waals surface area (Å²) in [5.41, 5.74) is 0.599. The summed E-state index contributed by atoms with van der Waals surface area (Å²) in [5.74, 6) is -0.245. The Morgan fingerprint density at radius 1 is 1.33 bits per heavy atom. The summed E-state index contributed by atoms with van der Waals surface area (Å²) in [6.45, 7) is 4.54. The molecule has 0 saturated carbocycles. The molecule has 2 aromatic rings. The van der Waals surface area contributed by atoms with Gasteiger partial charge in [0.25, 0.3) is 5.91 Å². The number of pyridine rings is 1. The van der Waals surface area contributed by atoms with Crippen molar-refractivity contribution in [2.24, 2.45) is 0 Å². The number of rotatable bonds is 1. The van der Waals surface area contributed by atoms with Crippen molar-refractivity contribution in [3.8, 4) is 0 Å². The minimum absolute atomic E-state index is 0.121. The van der Waals surface area contributed by atoms with Crippen molar-refractivity contribution in [1.29, 1.82) is 0 Å². The van der Waals surface area contributed by atoms with Crippen LogP contribution in [0.1, 0.15) is 24.2 Å². The molecule has 1 aromatic carbocycles. The highest BCUT2D eigenvalue weighted by atomic mass is 16.2. The van der Waals surface area contributed by atoms with Gasteiger partial charge in [-0.25, -0.2) is 0 Å². The Balaban J connectivity index is 1.98. The van der Waals surface area contributed by atoms with Gasteiger partial charge < -0.3 is 10.2 Å². The lowest BCUT2D eigenvalue weighted by atomic mass is 9.97. The number of piperazine rings is 1. The number of carbonyl (C=O) groups excluding carboxylic acids is 2. The van der Waals surface area contributed by atoms with Gasteiger partial charge in [-0.2, -0.15) is 0 Å². The Hall–Kier alpha value is -2.43. The first kappa shape index (κ1) is 13.5. The maximum atomic E-state index is 12.7. The molecule has 5 heteroatoms. The number of aromatic nitrogens is 1. The van der Waals surface area contributed by atoms with E-state index in [1.54, 1.807) is 31.0 Å². The molecular weight excluding hydrogens is 266 g/mol. The number of benzene rings is 1. The average Bonchev–Trinajstić information content (AvgIpc) is 2.49. The Labute approximate surface area is 123 Å². The van der Waals surface area contributed by atoms with E-state index in [1.807, 2.05) is 24.3 Å². The minimum Gasteiger partial charge on any atom is -0.352 e. The third kappa shape index (κ3) is 2.24. The summed E-state index contributed by atoms with van der Waals surface area (Å²) >= 11 is 0. The van der Waals surface area contributed by atoms with Gasteiger partial charge in [-0.1, -0.05) is 6.07 Å². The van der Waals surface area contributed by atoms with Gasteiger partial charge in [-0.05, 0) is 38.1 Å². The van der Waals surface area contributed by atoms with Crippen molar-refractivity contribution in [3.05, 3.63) is 42.1 Å². The van der Waals surface area contributed by atoms with Crippen LogP contribution in [0.5, 0.6) is 0 Å². The molecule has 0 aliphatic carbocycles. The Kier molecular flexibility index (Phi) is 3.12. The molecular formula is C16H17N3O2.